The lowest BCUT2D eigenvalue weighted by molar-refractivity contribution is 0.119. The summed E-state index contributed by atoms with van der Waals surface area (Å²) >= 11 is 0. The van der Waals surface area contributed by atoms with Crippen LogP contribution < -0.4 is 0 Å². The van der Waals surface area contributed by atoms with Gasteiger partial charge in [0.1, 0.15) is 5.82 Å². The van der Waals surface area contributed by atoms with Crippen LogP contribution in [0.25, 0.3) is 0 Å². The molecule has 4 heteroatoms. The van der Waals surface area contributed by atoms with E-state index in [1.807, 2.05) is 0 Å². The quantitative estimate of drug-likeness (QED) is 0.718. The van der Waals surface area contributed by atoms with Crippen LogP contribution in [0, 0.1) is 17.1 Å². The Morgan fingerprint density at radius 3 is 2.50 bits per heavy atom. The topological polar surface area (TPSA) is 23.8 Å². The molecule has 1 aromatic carbocycles. The molecule has 0 aliphatic heterocycles. The molecule has 0 aromatic heterocycles. The molecular formula is C10H8F3N. The SMILES string of the molecule is C[C@H](c1cc(C#N)ccc1F)C(F)F. The molecule has 0 spiro atoms. The lowest BCUT2D eigenvalue weighted by Gasteiger charge is -2.11. The highest BCUT2D eigenvalue weighted by Gasteiger charge is 2.20. The average molecular weight is 199 g/mol. The van der Waals surface area contributed by atoms with Gasteiger partial charge in [0, 0.05) is 5.92 Å². The van der Waals surface area contributed by atoms with Gasteiger partial charge in [0.05, 0.1) is 11.6 Å². The summed E-state index contributed by atoms with van der Waals surface area (Å²) in [7, 11) is 0. The zero-order chi connectivity index (χ0) is 10.7. The standard InChI is InChI=1S/C10H8F3N/c1-6(10(12)13)8-4-7(5-14)2-3-9(8)11/h2-4,6,10H,1H3/t6-/m1/s1. The fourth-order valence-corrected chi connectivity index (χ4v) is 1.10. The first-order valence-corrected chi connectivity index (χ1v) is 4.04. The third-order valence-corrected chi connectivity index (χ3v) is 1.99. The van der Waals surface area contributed by atoms with Crippen LogP contribution in [0.15, 0.2) is 18.2 Å². The van der Waals surface area contributed by atoms with Crippen LogP contribution in [-0.4, -0.2) is 6.43 Å². The van der Waals surface area contributed by atoms with Crippen LogP contribution >= 0.6 is 0 Å². The Morgan fingerprint density at radius 2 is 2.00 bits per heavy atom. The Balaban J connectivity index is 3.13. The molecule has 0 radical (unpaired) electrons. The number of rotatable bonds is 2. The van der Waals surface area contributed by atoms with E-state index >= 15 is 0 Å². The second kappa shape index (κ2) is 4.14. The maximum absolute atomic E-state index is 13.1. The van der Waals surface area contributed by atoms with Crippen LogP contribution in [0.2, 0.25) is 0 Å². The first-order valence-electron chi connectivity index (χ1n) is 4.04. The molecule has 0 saturated heterocycles. The van der Waals surface area contributed by atoms with Gasteiger partial charge in [-0.15, -0.1) is 0 Å². The van der Waals surface area contributed by atoms with Gasteiger partial charge in [0.15, 0.2) is 0 Å². The summed E-state index contributed by atoms with van der Waals surface area (Å²) in [5, 5.41) is 8.51. The highest BCUT2D eigenvalue weighted by molar-refractivity contribution is 5.35. The molecule has 1 rings (SSSR count). The monoisotopic (exact) mass is 199 g/mol. The number of hydrogen-bond donors (Lipinski definition) is 0. The van der Waals surface area contributed by atoms with Crippen molar-refractivity contribution in [3.8, 4) is 6.07 Å². The lowest BCUT2D eigenvalue weighted by atomic mass is 9.99. The molecule has 74 valence electrons. The molecule has 14 heavy (non-hydrogen) atoms. The van der Waals surface area contributed by atoms with Crippen molar-refractivity contribution in [2.75, 3.05) is 0 Å². The molecule has 0 aliphatic carbocycles. The molecular weight excluding hydrogens is 191 g/mol. The van der Waals surface area contributed by atoms with E-state index in [1.165, 1.54) is 13.0 Å². The summed E-state index contributed by atoms with van der Waals surface area (Å²) in [4.78, 5) is 0. The van der Waals surface area contributed by atoms with E-state index in [9.17, 15) is 13.2 Å². The summed E-state index contributed by atoms with van der Waals surface area (Å²) in [6.45, 7) is 1.23. The van der Waals surface area contributed by atoms with Gasteiger partial charge < -0.3 is 0 Å². The smallest absolute Gasteiger partial charge is 0.210 e. The first kappa shape index (κ1) is 10.6. The van der Waals surface area contributed by atoms with Crippen LogP contribution in [0.5, 0.6) is 0 Å². The largest absolute Gasteiger partial charge is 0.245 e. The number of nitriles is 1. The van der Waals surface area contributed by atoms with Gasteiger partial charge in [0.2, 0.25) is 6.43 Å². The summed E-state index contributed by atoms with van der Waals surface area (Å²) in [6.07, 6.45) is -2.63. The van der Waals surface area contributed by atoms with Crippen molar-refractivity contribution >= 4 is 0 Å². The van der Waals surface area contributed by atoms with Gasteiger partial charge >= 0.3 is 0 Å². The normalized spacial score (nSPS) is 12.6. The molecule has 0 amide bonds. The van der Waals surface area contributed by atoms with E-state index in [0.29, 0.717) is 0 Å². The molecule has 0 saturated carbocycles. The molecule has 0 N–H and O–H groups in total. The second-order valence-corrected chi connectivity index (χ2v) is 2.97. The minimum Gasteiger partial charge on any atom is -0.210 e. The van der Waals surface area contributed by atoms with Crippen molar-refractivity contribution in [1.29, 1.82) is 5.26 Å². The zero-order valence-electron chi connectivity index (χ0n) is 7.47. The van der Waals surface area contributed by atoms with Crippen molar-refractivity contribution < 1.29 is 13.2 Å². The number of halogens is 3. The molecule has 0 heterocycles. The number of nitrogens with zero attached hydrogens (tertiary/aromatic N) is 1. The molecule has 1 aromatic rings. The maximum atomic E-state index is 13.1. The maximum Gasteiger partial charge on any atom is 0.245 e. The highest BCUT2D eigenvalue weighted by Crippen LogP contribution is 2.25. The second-order valence-electron chi connectivity index (χ2n) is 2.97. The molecule has 0 aliphatic rings. The summed E-state index contributed by atoms with van der Waals surface area (Å²) < 4.78 is 37.6. The van der Waals surface area contributed by atoms with Crippen molar-refractivity contribution in [3.05, 3.63) is 35.1 Å². The van der Waals surface area contributed by atoms with Gasteiger partial charge in [0.25, 0.3) is 0 Å². The zero-order valence-corrected chi connectivity index (χ0v) is 7.47. The van der Waals surface area contributed by atoms with Crippen LogP contribution in [-0.2, 0) is 0 Å². The summed E-state index contributed by atoms with van der Waals surface area (Å²) in [5.41, 5.74) is 0.0768. The molecule has 1 nitrogen and oxygen atoms in total. The highest BCUT2D eigenvalue weighted by atomic mass is 19.3. The van der Waals surface area contributed by atoms with Crippen molar-refractivity contribution in [2.45, 2.75) is 19.3 Å². The van der Waals surface area contributed by atoms with Gasteiger partial charge in [-0.05, 0) is 23.8 Å². The summed E-state index contributed by atoms with van der Waals surface area (Å²) in [5.74, 6) is -1.89. The Hall–Kier alpha value is -1.50. The van der Waals surface area contributed by atoms with E-state index in [0.717, 1.165) is 12.1 Å². The fraction of sp³-hybridized carbons (Fsp3) is 0.300. The van der Waals surface area contributed by atoms with Crippen molar-refractivity contribution in [1.82, 2.24) is 0 Å². The Labute approximate surface area is 79.8 Å². The van der Waals surface area contributed by atoms with Crippen LogP contribution in [0.3, 0.4) is 0 Å². The number of benzene rings is 1. The van der Waals surface area contributed by atoms with Crippen molar-refractivity contribution in [3.63, 3.8) is 0 Å². The predicted octanol–water partition coefficient (Wildman–Crippen LogP) is 3.07. The summed E-state index contributed by atoms with van der Waals surface area (Å²) in [6, 6.07) is 5.23. The van der Waals surface area contributed by atoms with E-state index in [1.54, 1.807) is 6.07 Å². The number of alkyl halides is 2. The van der Waals surface area contributed by atoms with Gasteiger partial charge in [-0.1, -0.05) is 6.92 Å². The Kier molecular flexibility index (Phi) is 3.13. The van der Waals surface area contributed by atoms with Crippen LogP contribution in [0.1, 0.15) is 24.0 Å². The minimum atomic E-state index is -2.63. The third kappa shape index (κ3) is 2.05. The molecule has 0 unspecified atom stereocenters. The van der Waals surface area contributed by atoms with Gasteiger partial charge in [-0.3, -0.25) is 0 Å². The van der Waals surface area contributed by atoms with Crippen LogP contribution in [0.4, 0.5) is 13.2 Å². The van der Waals surface area contributed by atoms with E-state index in [-0.39, 0.29) is 11.1 Å². The van der Waals surface area contributed by atoms with Crippen molar-refractivity contribution in [2.24, 2.45) is 0 Å². The minimum absolute atomic E-state index is 0.112. The molecule has 1 atom stereocenters. The van der Waals surface area contributed by atoms with E-state index in [2.05, 4.69) is 0 Å². The Morgan fingerprint density at radius 1 is 1.36 bits per heavy atom. The molecule has 0 fully saturated rings. The van der Waals surface area contributed by atoms with Gasteiger partial charge in [-0.25, -0.2) is 13.2 Å². The molecule has 0 bridgehead atoms. The Bertz CT molecular complexity index is 368. The predicted molar refractivity (Wildman–Crippen MR) is 45.5 cm³/mol. The fourth-order valence-electron chi connectivity index (χ4n) is 1.10. The first-order chi connectivity index (χ1) is 6.56. The van der Waals surface area contributed by atoms with Gasteiger partial charge in [-0.2, -0.15) is 5.26 Å². The van der Waals surface area contributed by atoms with E-state index < -0.39 is 18.2 Å². The number of hydrogen-bond acceptors (Lipinski definition) is 1. The van der Waals surface area contributed by atoms with E-state index in [4.69, 9.17) is 5.26 Å². The third-order valence-electron chi connectivity index (χ3n) is 1.99. The average Bonchev–Trinajstić information content (AvgIpc) is 2.17. The lowest BCUT2D eigenvalue weighted by Crippen LogP contribution is -2.07.